The lowest BCUT2D eigenvalue weighted by Crippen LogP contribution is -2.31. The molecule has 1 amide bonds. The van der Waals surface area contributed by atoms with Crippen molar-refractivity contribution in [2.45, 2.75) is 31.9 Å². The highest BCUT2D eigenvalue weighted by Crippen LogP contribution is 2.31. The second-order valence-electron chi connectivity index (χ2n) is 7.20. The van der Waals surface area contributed by atoms with E-state index in [0.29, 0.717) is 42.2 Å². The van der Waals surface area contributed by atoms with E-state index < -0.39 is 29.5 Å². The number of hydrogen-bond donors (Lipinski definition) is 2. The van der Waals surface area contributed by atoms with Crippen LogP contribution in [-0.2, 0) is 25.7 Å². The summed E-state index contributed by atoms with van der Waals surface area (Å²) in [6, 6.07) is 3.58. The number of nitrogens with zero attached hydrogens (tertiary/aromatic N) is 4. The third-order valence-electron chi connectivity index (χ3n) is 4.86. The number of aliphatic imine (C=N–C) groups is 1. The molecule has 0 aromatic carbocycles. The van der Waals surface area contributed by atoms with Gasteiger partial charge in [-0.2, -0.15) is 26.3 Å². The quantitative estimate of drug-likeness (QED) is 0.513. The summed E-state index contributed by atoms with van der Waals surface area (Å²) in [6.45, 7) is 0.636. The van der Waals surface area contributed by atoms with Crippen molar-refractivity contribution in [3.8, 4) is 0 Å². The summed E-state index contributed by atoms with van der Waals surface area (Å²) in [5.41, 5.74) is 9.24. The molecule has 33 heavy (non-hydrogen) atoms. The zero-order valence-electron chi connectivity index (χ0n) is 16.9. The summed E-state index contributed by atoms with van der Waals surface area (Å²) in [5.74, 6) is -0.902. The summed E-state index contributed by atoms with van der Waals surface area (Å²) in [6.07, 6.45) is -7.02. The zero-order valence-corrected chi connectivity index (χ0v) is 16.9. The molecule has 13 heteroatoms. The van der Waals surface area contributed by atoms with Crippen LogP contribution in [0, 0.1) is 0 Å². The van der Waals surface area contributed by atoms with Gasteiger partial charge >= 0.3 is 12.4 Å². The van der Waals surface area contributed by atoms with Crippen LogP contribution >= 0.6 is 0 Å². The third-order valence-corrected chi connectivity index (χ3v) is 4.86. The predicted octanol–water partition coefficient (Wildman–Crippen LogP) is 3.26. The van der Waals surface area contributed by atoms with Crippen LogP contribution in [0.3, 0.4) is 0 Å². The number of amides is 1. The number of primary amides is 1. The van der Waals surface area contributed by atoms with E-state index in [1.807, 2.05) is 0 Å². The topological polar surface area (TPSA) is 110 Å². The molecule has 3 rings (SSSR count). The monoisotopic (exact) mass is 472 g/mol. The van der Waals surface area contributed by atoms with E-state index >= 15 is 0 Å². The number of pyridine rings is 2. The largest absolute Gasteiger partial charge is 0.433 e. The molecule has 0 radical (unpaired) electrons. The van der Waals surface area contributed by atoms with Gasteiger partial charge in [-0.15, -0.1) is 0 Å². The van der Waals surface area contributed by atoms with Gasteiger partial charge in [0.25, 0.3) is 5.91 Å². The summed E-state index contributed by atoms with van der Waals surface area (Å²) in [7, 11) is 0. The Balaban J connectivity index is 1.89. The maximum atomic E-state index is 12.9. The van der Waals surface area contributed by atoms with Gasteiger partial charge in [0.2, 0.25) is 0 Å². The van der Waals surface area contributed by atoms with E-state index in [4.69, 9.17) is 11.5 Å². The first-order valence-electron chi connectivity index (χ1n) is 9.48. The van der Waals surface area contributed by atoms with Crippen LogP contribution in [0.1, 0.15) is 33.0 Å². The van der Waals surface area contributed by atoms with Gasteiger partial charge in [-0.05, 0) is 30.2 Å². The number of aromatic nitrogens is 2. The second-order valence-corrected chi connectivity index (χ2v) is 7.20. The van der Waals surface area contributed by atoms with E-state index in [2.05, 4.69) is 15.0 Å². The molecule has 4 N–H and O–H groups in total. The van der Waals surface area contributed by atoms with Crippen molar-refractivity contribution in [1.29, 1.82) is 0 Å². The number of nitrogens with two attached hydrogens (primary N) is 2. The fourth-order valence-corrected chi connectivity index (χ4v) is 3.29. The maximum Gasteiger partial charge on any atom is 0.433 e. The number of fused-ring (bicyclic) bond motifs is 1. The maximum absolute atomic E-state index is 12.9. The number of hydrogen-bond acceptors (Lipinski definition) is 6. The van der Waals surface area contributed by atoms with Gasteiger partial charge in [-0.1, -0.05) is 0 Å². The molecule has 0 spiro atoms. The molecule has 0 fully saturated rings. The Bertz CT molecular complexity index is 1110. The SMILES string of the molecule is NC=C(C=Nc1cc(C(N)=O)nc2c1CCN(Cc1ccnc(C(F)(F)F)c1)C2)C(F)(F)F. The average molecular weight is 472 g/mol. The number of alkyl halides is 6. The first kappa shape index (κ1) is 24.2. The van der Waals surface area contributed by atoms with Crippen LogP contribution in [-0.4, -0.2) is 39.7 Å². The number of carbonyl (C=O) groups is 1. The smallest absolute Gasteiger partial charge is 0.404 e. The number of allylic oxidation sites excluding steroid dienone is 1. The molecular weight excluding hydrogens is 454 g/mol. The minimum Gasteiger partial charge on any atom is -0.404 e. The molecule has 1 aliphatic heterocycles. The molecule has 176 valence electrons. The molecule has 0 saturated carbocycles. The minimum atomic E-state index is -4.71. The third kappa shape index (κ3) is 5.86. The van der Waals surface area contributed by atoms with Gasteiger partial charge in [-0.25, -0.2) is 4.98 Å². The second kappa shape index (κ2) is 9.17. The molecule has 0 unspecified atom stereocenters. The van der Waals surface area contributed by atoms with Crippen LogP contribution in [0.25, 0.3) is 0 Å². The van der Waals surface area contributed by atoms with E-state index in [-0.39, 0.29) is 24.5 Å². The summed E-state index contributed by atoms with van der Waals surface area (Å²) < 4.78 is 77.5. The molecule has 0 aliphatic carbocycles. The van der Waals surface area contributed by atoms with Gasteiger partial charge in [0.15, 0.2) is 0 Å². The molecule has 0 saturated heterocycles. The molecule has 2 aromatic rings. The Morgan fingerprint density at radius 3 is 2.55 bits per heavy atom. The van der Waals surface area contributed by atoms with E-state index in [9.17, 15) is 31.1 Å². The van der Waals surface area contributed by atoms with Crippen LogP contribution in [0.4, 0.5) is 32.0 Å². The summed E-state index contributed by atoms with van der Waals surface area (Å²) in [4.78, 5) is 24.8. The molecule has 2 aromatic heterocycles. The average Bonchev–Trinajstić information content (AvgIpc) is 2.72. The predicted molar refractivity (Wildman–Crippen MR) is 106 cm³/mol. The number of rotatable bonds is 5. The first-order chi connectivity index (χ1) is 15.4. The molecule has 3 heterocycles. The molecular formula is C20H18F6N6O. The Morgan fingerprint density at radius 1 is 1.21 bits per heavy atom. The molecule has 1 aliphatic rings. The molecule has 0 bridgehead atoms. The Kier molecular flexibility index (Phi) is 6.72. The minimum absolute atomic E-state index is 0.0836. The first-order valence-corrected chi connectivity index (χ1v) is 9.48. The van der Waals surface area contributed by atoms with Crippen LogP contribution in [0.2, 0.25) is 0 Å². The van der Waals surface area contributed by atoms with Crippen LogP contribution in [0.15, 0.2) is 41.2 Å². The standard InChI is InChI=1S/C20H18F6N6O/c21-19(22,23)12(7-27)8-30-14-6-15(18(28)33)31-16-10-32(4-2-13(14)16)9-11-1-3-29-17(5-11)20(24,25)26/h1,3,5-8H,2,4,9-10,27H2,(H2,28,33). The van der Waals surface area contributed by atoms with E-state index in [1.54, 1.807) is 4.90 Å². The summed E-state index contributed by atoms with van der Waals surface area (Å²) >= 11 is 0. The van der Waals surface area contributed by atoms with Gasteiger partial charge in [0.1, 0.15) is 11.4 Å². The van der Waals surface area contributed by atoms with E-state index in [0.717, 1.165) is 12.3 Å². The Labute approximate surface area is 183 Å². The van der Waals surface area contributed by atoms with Crippen molar-refractivity contribution in [1.82, 2.24) is 14.9 Å². The highest BCUT2D eigenvalue weighted by Gasteiger charge is 2.33. The van der Waals surface area contributed by atoms with Crippen molar-refractivity contribution in [2.75, 3.05) is 6.54 Å². The van der Waals surface area contributed by atoms with Crippen molar-refractivity contribution >= 4 is 17.8 Å². The zero-order chi connectivity index (χ0) is 24.4. The van der Waals surface area contributed by atoms with Gasteiger partial charge < -0.3 is 11.5 Å². The highest BCUT2D eigenvalue weighted by molar-refractivity contribution is 5.92. The number of carbonyl (C=O) groups excluding carboxylic acids is 1. The summed E-state index contributed by atoms with van der Waals surface area (Å²) in [5, 5.41) is 0. The van der Waals surface area contributed by atoms with Crippen LogP contribution < -0.4 is 11.5 Å². The molecule has 0 atom stereocenters. The van der Waals surface area contributed by atoms with Crippen molar-refractivity contribution < 1.29 is 31.1 Å². The fraction of sp³-hybridized carbons (Fsp3) is 0.300. The molecule has 7 nitrogen and oxygen atoms in total. The lowest BCUT2D eigenvalue weighted by molar-refractivity contribution is -0.141. The Morgan fingerprint density at radius 2 is 1.94 bits per heavy atom. The fourth-order valence-electron chi connectivity index (χ4n) is 3.29. The van der Waals surface area contributed by atoms with E-state index in [1.165, 1.54) is 12.1 Å². The normalized spacial score (nSPS) is 15.6. The van der Waals surface area contributed by atoms with Crippen molar-refractivity contribution in [3.05, 3.63) is 64.4 Å². The number of halogens is 6. The lowest BCUT2D eigenvalue weighted by atomic mass is 10.0. The van der Waals surface area contributed by atoms with Gasteiger partial charge in [-0.3, -0.25) is 19.7 Å². The lowest BCUT2D eigenvalue weighted by Gasteiger charge is -2.29. The van der Waals surface area contributed by atoms with Crippen LogP contribution in [0.5, 0.6) is 0 Å². The highest BCUT2D eigenvalue weighted by atomic mass is 19.4. The van der Waals surface area contributed by atoms with Gasteiger partial charge in [0, 0.05) is 43.8 Å². The van der Waals surface area contributed by atoms with Crippen molar-refractivity contribution in [2.24, 2.45) is 16.5 Å². The Hall–Kier alpha value is -3.48. The van der Waals surface area contributed by atoms with Crippen molar-refractivity contribution in [3.63, 3.8) is 0 Å². The van der Waals surface area contributed by atoms with Gasteiger partial charge in [0.05, 0.1) is 17.0 Å².